The lowest BCUT2D eigenvalue weighted by Crippen LogP contribution is -2.54. The van der Waals surface area contributed by atoms with Crippen LogP contribution in [0.1, 0.15) is 24.0 Å². The van der Waals surface area contributed by atoms with Gasteiger partial charge in [-0.05, 0) is 48.9 Å². The number of hydrogen-bond donors (Lipinski definition) is 0. The number of benzene rings is 3. The van der Waals surface area contributed by atoms with Crippen molar-refractivity contribution in [3.05, 3.63) is 103 Å². The van der Waals surface area contributed by atoms with Gasteiger partial charge in [0.1, 0.15) is 6.07 Å². The molecule has 0 fully saturated rings. The molecule has 0 aliphatic carbocycles. The minimum absolute atomic E-state index is 0.0146. The summed E-state index contributed by atoms with van der Waals surface area (Å²) in [5, 5.41) is 28.8. The van der Waals surface area contributed by atoms with E-state index in [-0.39, 0.29) is 23.0 Å². The van der Waals surface area contributed by atoms with Gasteiger partial charge in [-0.3, -0.25) is 10.1 Å². The van der Waals surface area contributed by atoms with Gasteiger partial charge in [0.25, 0.3) is 11.2 Å². The summed E-state index contributed by atoms with van der Waals surface area (Å²) in [6, 6.07) is 19.0. The van der Waals surface area contributed by atoms with Crippen LogP contribution in [0.5, 0.6) is 0 Å². The quantitative estimate of drug-likeness (QED) is 0.202. The Bertz CT molecular complexity index is 1400. The Hall–Kier alpha value is -3.64. The number of esters is 1. The molecule has 0 amide bonds. The molecule has 2 unspecified atom stereocenters. The number of nitro groups is 1. The second-order valence-corrected chi connectivity index (χ2v) is 9.06. The Kier molecular flexibility index (Phi) is 7.18. The fourth-order valence-corrected chi connectivity index (χ4v) is 4.74. The number of anilines is 1. The molecule has 0 saturated heterocycles. The van der Waals surface area contributed by atoms with Crippen LogP contribution in [0.4, 0.5) is 11.4 Å². The van der Waals surface area contributed by atoms with E-state index in [2.05, 4.69) is 6.07 Å². The van der Waals surface area contributed by atoms with E-state index in [1.165, 1.54) is 35.3 Å². The van der Waals surface area contributed by atoms with Crippen LogP contribution in [0.2, 0.25) is 15.1 Å². The molecule has 4 rings (SSSR count). The molecular weight excluding hydrogens is 527 g/mol. The third-order valence-corrected chi connectivity index (χ3v) is 6.51. The Morgan fingerprint density at radius 2 is 1.75 bits per heavy atom. The molecule has 1 aliphatic heterocycles. The molecule has 0 N–H and O–H groups in total. The van der Waals surface area contributed by atoms with Crippen LogP contribution in [-0.2, 0) is 9.53 Å². The molecule has 182 valence electrons. The van der Waals surface area contributed by atoms with Crippen molar-refractivity contribution in [1.82, 2.24) is 0 Å². The second-order valence-electron chi connectivity index (χ2n) is 7.78. The maximum absolute atomic E-state index is 13.6. The normalized spacial score (nSPS) is 18.9. The van der Waals surface area contributed by atoms with Gasteiger partial charge in [-0.2, -0.15) is 10.4 Å². The summed E-state index contributed by atoms with van der Waals surface area (Å²) in [6.45, 7) is 1.64. The zero-order valence-corrected chi connectivity index (χ0v) is 21.0. The number of carbonyl (C=O) groups excluding carboxylic acids is 1. The molecule has 2 atom stereocenters. The highest BCUT2D eigenvalue weighted by atomic mass is 35.5. The SMILES string of the molecule is CCOC(=O)C1(C#N)C(c2ccc(Cl)cc2)C(c2ccc(Cl)cc2Cl)=NN1c1ccc([N+](=O)[O-])cc1. The molecule has 3 aromatic rings. The minimum Gasteiger partial charge on any atom is -0.463 e. The monoisotopic (exact) mass is 542 g/mol. The Labute approximate surface area is 221 Å². The largest absolute Gasteiger partial charge is 0.463 e. The van der Waals surface area contributed by atoms with Gasteiger partial charge < -0.3 is 4.74 Å². The number of rotatable bonds is 6. The zero-order valence-electron chi connectivity index (χ0n) is 18.7. The van der Waals surface area contributed by atoms with E-state index >= 15 is 0 Å². The van der Waals surface area contributed by atoms with Gasteiger partial charge in [0.15, 0.2) is 0 Å². The predicted molar refractivity (Wildman–Crippen MR) is 138 cm³/mol. The first-order valence-corrected chi connectivity index (χ1v) is 11.8. The molecule has 1 heterocycles. The molecule has 0 radical (unpaired) electrons. The van der Waals surface area contributed by atoms with E-state index in [4.69, 9.17) is 44.6 Å². The van der Waals surface area contributed by atoms with Crippen molar-refractivity contribution in [1.29, 1.82) is 5.26 Å². The molecule has 8 nitrogen and oxygen atoms in total. The standard InChI is InChI=1S/C25H17Cl3N4O4/c1-2-36-24(33)25(14-29)22(15-3-5-16(26)6-4-15)23(20-12-7-17(27)13-21(20)28)30-31(25)18-8-10-19(11-9-18)32(34)35/h3-13,22H,2H2,1H3. The Morgan fingerprint density at radius 3 is 2.31 bits per heavy atom. The fraction of sp³-hybridized carbons (Fsp3) is 0.160. The van der Waals surface area contributed by atoms with E-state index < -0.39 is 22.3 Å². The number of nitro benzene ring substituents is 1. The molecular formula is C25H17Cl3N4O4. The van der Waals surface area contributed by atoms with E-state index in [0.29, 0.717) is 26.9 Å². The second kappa shape index (κ2) is 10.2. The van der Waals surface area contributed by atoms with Gasteiger partial charge in [-0.15, -0.1) is 0 Å². The Morgan fingerprint density at radius 1 is 1.11 bits per heavy atom. The first-order valence-electron chi connectivity index (χ1n) is 10.7. The molecule has 0 spiro atoms. The summed E-state index contributed by atoms with van der Waals surface area (Å²) >= 11 is 18.7. The van der Waals surface area contributed by atoms with E-state index in [1.54, 1.807) is 43.3 Å². The number of carbonyl (C=O) groups is 1. The first-order chi connectivity index (χ1) is 17.2. The maximum atomic E-state index is 13.6. The van der Waals surface area contributed by atoms with Crippen LogP contribution in [-0.4, -0.2) is 28.8 Å². The van der Waals surface area contributed by atoms with Gasteiger partial charge in [0.05, 0.1) is 33.9 Å². The zero-order chi connectivity index (χ0) is 26.0. The van der Waals surface area contributed by atoms with E-state index in [0.717, 1.165) is 0 Å². The van der Waals surface area contributed by atoms with Gasteiger partial charge in [-0.25, -0.2) is 9.80 Å². The summed E-state index contributed by atoms with van der Waals surface area (Å²) in [4.78, 5) is 24.2. The number of non-ortho nitro benzene ring substituents is 1. The lowest BCUT2D eigenvalue weighted by Gasteiger charge is -2.34. The van der Waals surface area contributed by atoms with E-state index in [1.807, 2.05) is 0 Å². The van der Waals surface area contributed by atoms with Crippen molar-refractivity contribution < 1.29 is 14.5 Å². The summed E-state index contributed by atoms with van der Waals surface area (Å²) in [5.74, 6) is -1.80. The van der Waals surface area contributed by atoms with Crippen molar-refractivity contribution in [2.24, 2.45) is 5.10 Å². The molecule has 11 heteroatoms. The van der Waals surface area contributed by atoms with Crippen molar-refractivity contribution in [3.63, 3.8) is 0 Å². The molecule has 36 heavy (non-hydrogen) atoms. The summed E-state index contributed by atoms with van der Waals surface area (Å²) in [5.41, 5.74) is -0.562. The topological polar surface area (TPSA) is 109 Å². The van der Waals surface area contributed by atoms with Crippen molar-refractivity contribution in [2.75, 3.05) is 11.6 Å². The molecule has 0 bridgehead atoms. The van der Waals surface area contributed by atoms with Gasteiger partial charge in [0.2, 0.25) is 0 Å². The number of hydrazone groups is 1. The maximum Gasteiger partial charge on any atom is 0.350 e. The highest BCUT2D eigenvalue weighted by Crippen LogP contribution is 2.46. The number of ether oxygens (including phenoxy) is 1. The third kappa shape index (κ3) is 4.37. The lowest BCUT2D eigenvalue weighted by molar-refractivity contribution is -0.384. The van der Waals surface area contributed by atoms with Crippen LogP contribution in [0, 0.1) is 21.4 Å². The van der Waals surface area contributed by atoms with Crippen LogP contribution in [0.25, 0.3) is 0 Å². The number of nitrogens with zero attached hydrogens (tertiary/aromatic N) is 4. The molecule has 1 aliphatic rings. The van der Waals surface area contributed by atoms with Crippen LogP contribution in [0.15, 0.2) is 71.8 Å². The van der Waals surface area contributed by atoms with Gasteiger partial charge in [0, 0.05) is 27.7 Å². The average molecular weight is 544 g/mol. The number of hydrogen-bond acceptors (Lipinski definition) is 7. The number of halogens is 3. The van der Waals surface area contributed by atoms with Gasteiger partial charge in [-0.1, -0.05) is 53.0 Å². The predicted octanol–water partition coefficient (Wildman–Crippen LogP) is 6.39. The van der Waals surface area contributed by atoms with E-state index in [9.17, 15) is 20.2 Å². The lowest BCUT2D eigenvalue weighted by atomic mass is 9.75. The summed E-state index contributed by atoms with van der Waals surface area (Å²) in [6.07, 6.45) is 0. The fourth-order valence-electron chi connectivity index (χ4n) is 4.11. The molecule has 3 aromatic carbocycles. The smallest absolute Gasteiger partial charge is 0.350 e. The van der Waals surface area contributed by atoms with Crippen LogP contribution < -0.4 is 5.01 Å². The summed E-state index contributed by atoms with van der Waals surface area (Å²) in [7, 11) is 0. The average Bonchev–Trinajstić information content (AvgIpc) is 3.20. The van der Waals surface area contributed by atoms with Crippen LogP contribution >= 0.6 is 34.8 Å². The third-order valence-electron chi connectivity index (χ3n) is 5.71. The summed E-state index contributed by atoms with van der Waals surface area (Å²) < 4.78 is 5.38. The van der Waals surface area contributed by atoms with Crippen LogP contribution in [0.3, 0.4) is 0 Å². The minimum atomic E-state index is -2.00. The number of nitriles is 1. The first kappa shape index (κ1) is 25.5. The highest BCUT2D eigenvalue weighted by Gasteiger charge is 2.60. The highest BCUT2D eigenvalue weighted by molar-refractivity contribution is 6.37. The van der Waals surface area contributed by atoms with Crippen molar-refractivity contribution in [2.45, 2.75) is 18.4 Å². The van der Waals surface area contributed by atoms with Crippen molar-refractivity contribution in [3.8, 4) is 6.07 Å². The molecule has 0 aromatic heterocycles. The van der Waals surface area contributed by atoms with Gasteiger partial charge >= 0.3 is 5.97 Å². The molecule has 0 saturated carbocycles. The Balaban J connectivity index is 2.02. The van der Waals surface area contributed by atoms with Crippen molar-refractivity contribution >= 4 is 57.9 Å².